The second-order valence-electron chi connectivity index (χ2n) is 3.80. The molecule has 0 aliphatic rings. The predicted octanol–water partition coefficient (Wildman–Crippen LogP) is 2.95. The number of nitrogens with one attached hydrogen (secondary N) is 1. The van der Waals surface area contributed by atoms with Crippen molar-refractivity contribution in [1.29, 1.82) is 0 Å². The van der Waals surface area contributed by atoms with Crippen LogP contribution in [0.15, 0.2) is 11.4 Å². The molecule has 16 heavy (non-hydrogen) atoms. The van der Waals surface area contributed by atoms with Crippen molar-refractivity contribution in [2.45, 2.75) is 19.9 Å². The average Bonchev–Trinajstić information content (AvgIpc) is 2.72. The highest BCUT2D eigenvalue weighted by Crippen LogP contribution is 2.24. The van der Waals surface area contributed by atoms with Gasteiger partial charge in [0.15, 0.2) is 0 Å². The van der Waals surface area contributed by atoms with Crippen LogP contribution in [0.2, 0.25) is 0 Å². The SMILES string of the molecule is COc1ccsc1C(=O)NC(CI)C(C)C. The van der Waals surface area contributed by atoms with Gasteiger partial charge in [0.25, 0.3) is 5.91 Å². The lowest BCUT2D eigenvalue weighted by Gasteiger charge is -2.19. The molecule has 1 unspecified atom stereocenters. The van der Waals surface area contributed by atoms with E-state index in [-0.39, 0.29) is 11.9 Å². The summed E-state index contributed by atoms with van der Waals surface area (Å²) in [5.74, 6) is 1.05. The fourth-order valence-corrected chi connectivity index (χ4v) is 3.24. The topological polar surface area (TPSA) is 38.3 Å². The van der Waals surface area contributed by atoms with Gasteiger partial charge in [-0.3, -0.25) is 4.79 Å². The first-order valence-corrected chi connectivity index (χ1v) is 7.49. The number of thiophene rings is 1. The third-order valence-corrected chi connectivity index (χ3v) is 4.19. The molecule has 0 aliphatic carbocycles. The number of hydrogen-bond donors (Lipinski definition) is 1. The first-order chi connectivity index (χ1) is 7.60. The number of methoxy groups -OCH3 is 1. The summed E-state index contributed by atoms with van der Waals surface area (Å²) in [6.45, 7) is 4.21. The van der Waals surface area contributed by atoms with E-state index < -0.39 is 0 Å². The van der Waals surface area contributed by atoms with Gasteiger partial charge < -0.3 is 10.1 Å². The molecule has 1 aromatic rings. The fraction of sp³-hybridized carbons (Fsp3) is 0.545. The molecule has 0 saturated carbocycles. The van der Waals surface area contributed by atoms with Gasteiger partial charge in [-0.05, 0) is 17.4 Å². The third kappa shape index (κ3) is 3.35. The monoisotopic (exact) mass is 353 g/mol. The molecule has 0 aliphatic heterocycles. The first-order valence-electron chi connectivity index (χ1n) is 5.08. The largest absolute Gasteiger partial charge is 0.495 e. The zero-order chi connectivity index (χ0) is 12.1. The van der Waals surface area contributed by atoms with Crippen molar-refractivity contribution in [2.75, 3.05) is 11.5 Å². The molecule has 1 atom stereocenters. The van der Waals surface area contributed by atoms with Gasteiger partial charge in [-0.15, -0.1) is 11.3 Å². The van der Waals surface area contributed by atoms with Crippen LogP contribution in [0.1, 0.15) is 23.5 Å². The van der Waals surface area contributed by atoms with Crippen LogP contribution in [-0.2, 0) is 0 Å². The molecule has 1 rings (SSSR count). The van der Waals surface area contributed by atoms with Crippen LogP contribution < -0.4 is 10.1 Å². The molecule has 1 amide bonds. The molecule has 0 radical (unpaired) electrons. The zero-order valence-electron chi connectivity index (χ0n) is 9.62. The number of amides is 1. The van der Waals surface area contributed by atoms with E-state index in [2.05, 4.69) is 41.8 Å². The number of alkyl halides is 1. The van der Waals surface area contributed by atoms with Crippen LogP contribution >= 0.6 is 33.9 Å². The van der Waals surface area contributed by atoms with Gasteiger partial charge in [0.1, 0.15) is 10.6 Å². The van der Waals surface area contributed by atoms with Crippen molar-refractivity contribution in [3.8, 4) is 5.75 Å². The van der Waals surface area contributed by atoms with Crippen LogP contribution in [0.4, 0.5) is 0 Å². The van der Waals surface area contributed by atoms with Gasteiger partial charge in [0, 0.05) is 10.5 Å². The number of carbonyl (C=O) groups is 1. The van der Waals surface area contributed by atoms with E-state index in [0.29, 0.717) is 16.5 Å². The Morgan fingerprint density at radius 2 is 2.31 bits per heavy atom. The summed E-state index contributed by atoms with van der Waals surface area (Å²) in [6, 6.07) is 2.02. The molecule has 5 heteroatoms. The smallest absolute Gasteiger partial charge is 0.265 e. The molecular weight excluding hydrogens is 337 g/mol. The number of halogens is 1. The van der Waals surface area contributed by atoms with Gasteiger partial charge in [-0.2, -0.15) is 0 Å². The number of rotatable bonds is 5. The van der Waals surface area contributed by atoms with Crippen LogP contribution in [0.5, 0.6) is 5.75 Å². The second-order valence-corrected chi connectivity index (χ2v) is 5.59. The van der Waals surface area contributed by atoms with E-state index in [0.717, 1.165) is 4.43 Å². The summed E-state index contributed by atoms with van der Waals surface area (Å²) < 4.78 is 6.04. The maximum absolute atomic E-state index is 12.0. The Hall–Kier alpha value is -0.300. The third-order valence-electron chi connectivity index (χ3n) is 2.34. The average molecular weight is 353 g/mol. The highest BCUT2D eigenvalue weighted by Gasteiger charge is 2.19. The van der Waals surface area contributed by atoms with Crippen molar-refractivity contribution in [1.82, 2.24) is 5.32 Å². The highest BCUT2D eigenvalue weighted by molar-refractivity contribution is 14.1. The zero-order valence-corrected chi connectivity index (χ0v) is 12.6. The standard InChI is InChI=1S/C11H16INO2S/c1-7(2)8(6-12)13-11(14)10-9(15-3)4-5-16-10/h4-5,7-8H,6H2,1-3H3,(H,13,14). The molecule has 90 valence electrons. The summed E-state index contributed by atoms with van der Waals surface area (Å²) in [4.78, 5) is 12.6. The minimum absolute atomic E-state index is 0.0396. The van der Waals surface area contributed by atoms with Crippen molar-refractivity contribution in [2.24, 2.45) is 5.92 Å². The molecule has 1 heterocycles. The maximum Gasteiger partial charge on any atom is 0.265 e. The van der Waals surface area contributed by atoms with Crippen molar-refractivity contribution in [3.05, 3.63) is 16.3 Å². The lowest BCUT2D eigenvalue weighted by molar-refractivity contribution is 0.0933. The molecule has 0 saturated heterocycles. The molecule has 1 N–H and O–H groups in total. The lowest BCUT2D eigenvalue weighted by Crippen LogP contribution is -2.39. The molecule has 1 aromatic heterocycles. The second kappa shape index (κ2) is 6.44. The summed E-state index contributed by atoms with van der Waals surface area (Å²) in [5.41, 5.74) is 0. The predicted molar refractivity (Wildman–Crippen MR) is 75.9 cm³/mol. The van der Waals surface area contributed by atoms with Crippen molar-refractivity contribution in [3.63, 3.8) is 0 Å². The maximum atomic E-state index is 12.0. The van der Waals surface area contributed by atoms with E-state index >= 15 is 0 Å². The highest BCUT2D eigenvalue weighted by atomic mass is 127. The number of hydrogen-bond acceptors (Lipinski definition) is 3. The summed E-state index contributed by atoms with van der Waals surface area (Å²) in [5, 5.41) is 4.89. The van der Waals surface area contributed by atoms with Gasteiger partial charge in [0.05, 0.1) is 7.11 Å². The Morgan fingerprint density at radius 1 is 1.62 bits per heavy atom. The molecule has 0 aromatic carbocycles. The Kier molecular flexibility index (Phi) is 5.54. The van der Waals surface area contributed by atoms with Gasteiger partial charge in [0.2, 0.25) is 0 Å². The lowest BCUT2D eigenvalue weighted by atomic mass is 10.1. The van der Waals surface area contributed by atoms with Gasteiger partial charge in [-0.25, -0.2) is 0 Å². The Balaban J connectivity index is 2.71. The first kappa shape index (κ1) is 13.8. The van der Waals surface area contributed by atoms with Crippen LogP contribution in [0, 0.1) is 5.92 Å². The molecule has 0 spiro atoms. The van der Waals surface area contributed by atoms with Gasteiger partial charge >= 0.3 is 0 Å². The Bertz CT molecular complexity index is 352. The Labute approximate surface area is 114 Å². The van der Waals surface area contributed by atoms with E-state index in [1.54, 1.807) is 7.11 Å². The molecule has 0 bridgehead atoms. The van der Waals surface area contributed by atoms with E-state index in [4.69, 9.17) is 4.74 Å². The quantitative estimate of drug-likeness (QED) is 0.653. The minimum Gasteiger partial charge on any atom is -0.495 e. The van der Waals surface area contributed by atoms with E-state index in [1.165, 1.54) is 11.3 Å². The van der Waals surface area contributed by atoms with Crippen molar-refractivity contribution < 1.29 is 9.53 Å². The molecule has 3 nitrogen and oxygen atoms in total. The number of ether oxygens (including phenoxy) is 1. The normalized spacial score (nSPS) is 12.6. The number of carbonyl (C=O) groups excluding carboxylic acids is 1. The minimum atomic E-state index is -0.0396. The molecule has 0 fully saturated rings. The van der Waals surface area contributed by atoms with Crippen LogP contribution in [0.3, 0.4) is 0 Å². The summed E-state index contributed by atoms with van der Waals surface area (Å²) in [6.07, 6.45) is 0. The molecular formula is C11H16INO2S. The van der Waals surface area contributed by atoms with E-state index in [9.17, 15) is 4.79 Å². The summed E-state index contributed by atoms with van der Waals surface area (Å²) >= 11 is 3.70. The van der Waals surface area contributed by atoms with Gasteiger partial charge in [-0.1, -0.05) is 36.4 Å². The van der Waals surface area contributed by atoms with Crippen molar-refractivity contribution >= 4 is 39.8 Å². The van der Waals surface area contributed by atoms with Crippen LogP contribution in [-0.4, -0.2) is 23.5 Å². The fourth-order valence-electron chi connectivity index (χ4n) is 1.24. The van der Waals surface area contributed by atoms with Crippen LogP contribution in [0.25, 0.3) is 0 Å². The van der Waals surface area contributed by atoms with E-state index in [1.807, 2.05) is 11.4 Å². The summed E-state index contributed by atoms with van der Waals surface area (Å²) in [7, 11) is 1.58. The Morgan fingerprint density at radius 3 is 2.81 bits per heavy atom.